The fourth-order valence-corrected chi connectivity index (χ4v) is 1.81. The number of aliphatic hydroxyl groups is 2. The molecule has 0 fully saturated rings. The highest BCUT2D eigenvalue weighted by Gasteiger charge is 2.08. The van der Waals surface area contributed by atoms with Crippen molar-refractivity contribution in [2.45, 2.75) is 11.0 Å². The summed E-state index contributed by atoms with van der Waals surface area (Å²) in [5.74, 6) is -2.24. The largest absolute Gasteiger partial charge is 0.394 e. The van der Waals surface area contributed by atoms with E-state index < -0.39 is 24.3 Å². The predicted octanol–water partition coefficient (Wildman–Crippen LogP) is 0.526. The number of halogens is 2. The first-order chi connectivity index (χ1) is 8.52. The minimum Gasteiger partial charge on any atom is -0.394 e. The maximum atomic E-state index is 12.9. The molecular weight excluding hydrogens is 264 g/mol. The molecule has 3 N–H and O–H groups in total. The minimum absolute atomic E-state index is 0.0171. The van der Waals surface area contributed by atoms with Gasteiger partial charge >= 0.3 is 0 Å². The summed E-state index contributed by atoms with van der Waals surface area (Å²) in [6.45, 7) is -0.482. The molecule has 0 aliphatic heterocycles. The summed E-state index contributed by atoms with van der Waals surface area (Å²) in [6.07, 6.45) is -0.998. The Kier molecular flexibility index (Phi) is 6.03. The first kappa shape index (κ1) is 14.9. The molecule has 0 bridgehead atoms. The van der Waals surface area contributed by atoms with Gasteiger partial charge < -0.3 is 15.5 Å². The number of benzene rings is 1. The number of hydrogen-bond donors (Lipinski definition) is 3. The van der Waals surface area contributed by atoms with E-state index in [-0.39, 0.29) is 18.2 Å². The quantitative estimate of drug-likeness (QED) is 0.663. The zero-order chi connectivity index (χ0) is 13.5. The lowest BCUT2D eigenvalue weighted by atomic mass is 10.3. The van der Waals surface area contributed by atoms with Gasteiger partial charge in [0.1, 0.15) is 0 Å². The van der Waals surface area contributed by atoms with Gasteiger partial charge in [-0.1, -0.05) is 0 Å². The van der Waals surface area contributed by atoms with Gasteiger partial charge in [0.15, 0.2) is 11.6 Å². The molecule has 1 unspecified atom stereocenters. The van der Waals surface area contributed by atoms with Gasteiger partial charge in [0, 0.05) is 11.4 Å². The van der Waals surface area contributed by atoms with E-state index in [1.807, 2.05) is 0 Å². The van der Waals surface area contributed by atoms with Gasteiger partial charge in [-0.05, 0) is 18.2 Å². The van der Waals surface area contributed by atoms with Gasteiger partial charge in [0.2, 0.25) is 5.91 Å². The second-order valence-electron chi connectivity index (χ2n) is 3.51. The molecule has 100 valence electrons. The number of rotatable bonds is 6. The highest BCUT2D eigenvalue weighted by Crippen LogP contribution is 2.19. The zero-order valence-electron chi connectivity index (χ0n) is 9.40. The average Bonchev–Trinajstić information content (AvgIpc) is 2.37. The summed E-state index contributed by atoms with van der Waals surface area (Å²) in [4.78, 5) is 11.7. The second kappa shape index (κ2) is 7.30. The SMILES string of the molecule is O=C(CSc1ccc(F)c(F)c1)NCC(O)CO. The Hall–Kier alpha value is -1.18. The number of thioether (sulfide) groups is 1. The normalized spacial score (nSPS) is 12.2. The van der Waals surface area contributed by atoms with Crippen LogP contribution in [0.5, 0.6) is 0 Å². The van der Waals surface area contributed by atoms with Crippen molar-refractivity contribution in [3.63, 3.8) is 0 Å². The lowest BCUT2D eigenvalue weighted by Crippen LogP contribution is -2.34. The molecule has 1 aromatic carbocycles. The first-order valence-corrected chi connectivity index (χ1v) is 6.15. The first-order valence-electron chi connectivity index (χ1n) is 5.16. The molecule has 1 atom stereocenters. The van der Waals surface area contributed by atoms with Crippen molar-refractivity contribution in [2.75, 3.05) is 18.9 Å². The van der Waals surface area contributed by atoms with Crippen molar-refractivity contribution in [2.24, 2.45) is 0 Å². The monoisotopic (exact) mass is 277 g/mol. The maximum absolute atomic E-state index is 12.9. The predicted molar refractivity (Wildman–Crippen MR) is 63.2 cm³/mol. The van der Waals surface area contributed by atoms with Crippen molar-refractivity contribution in [3.8, 4) is 0 Å². The van der Waals surface area contributed by atoms with Crippen LogP contribution < -0.4 is 5.32 Å². The summed E-state index contributed by atoms with van der Waals surface area (Å²) in [5, 5.41) is 19.9. The minimum atomic E-state index is -0.998. The summed E-state index contributed by atoms with van der Waals surface area (Å²) in [6, 6.07) is 3.37. The van der Waals surface area contributed by atoms with Crippen molar-refractivity contribution in [1.82, 2.24) is 5.32 Å². The summed E-state index contributed by atoms with van der Waals surface area (Å²) < 4.78 is 25.5. The molecule has 0 aliphatic rings. The van der Waals surface area contributed by atoms with E-state index in [4.69, 9.17) is 10.2 Å². The molecule has 1 amide bonds. The van der Waals surface area contributed by atoms with Gasteiger partial charge in [-0.2, -0.15) is 0 Å². The molecule has 0 heterocycles. The third-order valence-corrected chi connectivity index (χ3v) is 3.00. The van der Waals surface area contributed by atoms with Crippen molar-refractivity contribution in [3.05, 3.63) is 29.8 Å². The zero-order valence-corrected chi connectivity index (χ0v) is 10.2. The molecule has 0 radical (unpaired) electrons. The lowest BCUT2D eigenvalue weighted by molar-refractivity contribution is -0.119. The molecule has 0 spiro atoms. The topological polar surface area (TPSA) is 69.6 Å². The number of carbonyl (C=O) groups is 1. The van der Waals surface area contributed by atoms with Crippen LogP contribution in [-0.4, -0.2) is 41.1 Å². The number of nitrogens with one attached hydrogen (secondary N) is 1. The van der Waals surface area contributed by atoms with Crippen LogP contribution in [0.2, 0.25) is 0 Å². The summed E-state index contributed by atoms with van der Waals surface area (Å²) in [7, 11) is 0. The molecule has 4 nitrogen and oxygen atoms in total. The van der Waals surface area contributed by atoms with Gasteiger partial charge in [-0.25, -0.2) is 8.78 Å². The molecule has 18 heavy (non-hydrogen) atoms. The van der Waals surface area contributed by atoms with E-state index >= 15 is 0 Å². The Morgan fingerprint density at radius 2 is 2.11 bits per heavy atom. The fourth-order valence-electron chi connectivity index (χ4n) is 1.06. The van der Waals surface area contributed by atoms with Crippen LogP contribution in [0.1, 0.15) is 0 Å². The van der Waals surface area contributed by atoms with E-state index in [0.29, 0.717) is 4.90 Å². The van der Waals surface area contributed by atoms with Crippen LogP contribution in [0.3, 0.4) is 0 Å². The molecule has 1 aromatic rings. The molecule has 0 aliphatic carbocycles. The van der Waals surface area contributed by atoms with Crippen LogP contribution in [0.15, 0.2) is 23.1 Å². The van der Waals surface area contributed by atoms with Gasteiger partial charge in [0.25, 0.3) is 0 Å². The van der Waals surface area contributed by atoms with Gasteiger partial charge in [0.05, 0.1) is 18.5 Å². The summed E-state index contributed by atoms with van der Waals surface area (Å²) >= 11 is 1.05. The fraction of sp³-hybridized carbons (Fsp3) is 0.364. The van der Waals surface area contributed by atoms with Crippen molar-refractivity contribution < 1.29 is 23.8 Å². The average molecular weight is 277 g/mol. The summed E-state index contributed by atoms with van der Waals surface area (Å²) in [5.41, 5.74) is 0. The molecule has 7 heteroatoms. The van der Waals surface area contributed by atoms with E-state index in [0.717, 1.165) is 23.9 Å². The maximum Gasteiger partial charge on any atom is 0.230 e. The third-order valence-electron chi connectivity index (χ3n) is 2.01. The lowest BCUT2D eigenvalue weighted by Gasteiger charge is -2.08. The van der Waals surface area contributed by atoms with E-state index in [1.165, 1.54) is 6.07 Å². The Morgan fingerprint density at radius 1 is 1.39 bits per heavy atom. The molecule has 1 rings (SSSR count). The highest BCUT2D eigenvalue weighted by atomic mass is 32.2. The Bertz CT molecular complexity index is 417. The van der Waals surface area contributed by atoms with Crippen LogP contribution in [0.25, 0.3) is 0 Å². The molecule has 0 saturated heterocycles. The van der Waals surface area contributed by atoms with Gasteiger partial charge in [-0.3, -0.25) is 4.79 Å². The van der Waals surface area contributed by atoms with Crippen molar-refractivity contribution >= 4 is 17.7 Å². The van der Waals surface area contributed by atoms with Crippen LogP contribution in [0, 0.1) is 11.6 Å². The highest BCUT2D eigenvalue weighted by molar-refractivity contribution is 8.00. The van der Waals surface area contributed by atoms with Crippen LogP contribution in [0.4, 0.5) is 8.78 Å². The number of hydrogen-bond acceptors (Lipinski definition) is 4. The Labute approximate surface area is 107 Å². The van der Waals surface area contributed by atoms with Gasteiger partial charge in [-0.15, -0.1) is 11.8 Å². The third kappa shape index (κ3) is 4.99. The van der Waals surface area contributed by atoms with E-state index in [2.05, 4.69) is 5.32 Å². The van der Waals surface area contributed by atoms with Crippen LogP contribution in [-0.2, 0) is 4.79 Å². The Balaban J connectivity index is 2.36. The number of aliphatic hydroxyl groups excluding tert-OH is 2. The molecular formula is C11H13F2NO3S. The smallest absolute Gasteiger partial charge is 0.230 e. The number of carbonyl (C=O) groups excluding carboxylic acids is 1. The standard InChI is InChI=1S/C11H13F2NO3S/c12-9-2-1-8(3-10(9)13)18-6-11(17)14-4-7(16)5-15/h1-3,7,15-16H,4-6H2,(H,14,17). The molecule has 0 saturated carbocycles. The van der Waals surface area contributed by atoms with E-state index in [9.17, 15) is 13.6 Å². The van der Waals surface area contributed by atoms with Crippen LogP contribution >= 0.6 is 11.8 Å². The molecule has 0 aromatic heterocycles. The second-order valence-corrected chi connectivity index (χ2v) is 4.55. The van der Waals surface area contributed by atoms with Crippen molar-refractivity contribution in [1.29, 1.82) is 0 Å². The number of amides is 1. The Morgan fingerprint density at radius 3 is 2.72 bits per heavy atom. The van der Waals surface area contributed by atoms with E-state index in [1.54, 1.807) is 0 Å².